The summed E-state index contributed by atoms with van der Waals surface area (Å²) in [6, 6.07) is 1.44. The summed E-state index contributed by atoms with van der Waals surface area (Å²) >= 11 is 6.18. The van der Waals surface area contributed by atoms with Crippen molar-refractivity contribution in [2.75, 3.05) is 13.1 Å². The van der Waals surface area contributed by atoms with Gasteiger partial charge < -0.3 is 9.88 Å². The van der Waals surface area contributed by atoms with Gasteiger partial charge in [0.15, 0.2) is 5.43 Å². The van der Waals surface area contributed by atoms with Gasteiger partial charge in [0.25, 0.3) is 5.91 Å². The molecule has 0 aromatic carbocycles. The molecule has 5 heteroatoms. The van der Waals surface area contributed by atoms with E-state index in [4.69, 9.17) is 11.6 Å². The summed E-state index contributed by atoms with van der Waals surface area (Å²) in [5, 5.41) is -0.0350. The molecule has 0 bridgehead atoms. The van der Waals surface area contributed by atoms with Crippen LogP contribution in [-0.2, 0) is 0 Å². The number of aryl methyl sites for hydroxylation is 1. The second-order valence-corrected chi connectivity index (χ2v) is 5.49. The lowest BCUT2D eigenvalue weighted by Crippen LogP contribution is -2.45. The molecule has 2 rings (SSSR count). The highest BCUT2D eigenvalue weighted by Gasteiger charge is 2.28. The van der Waals surface area contributed by atoms with Crippen LogP contribution in [0.25, 0.3) is 0 Å². The van der Waals surface area contributed by atoms with Crippen LogP contribution in [0.4, 0.5) is 0 Å². The van der Waals surface area contributed by atoms with Crippen LogP contribution in [0.1, 0.15) is 29.4 Å². The minimum Gasteiger partial charge on any atom is -0.364 e. The number of halogens is 1. The number of amides is 1. The van der Waals surface area contributed by atoms with E-state index in [9.17, 15) is 9.59 Å². The first-order valence-corrected chi connectivity index (χ1v) is 6.55. The van der Waals surface area contributed by atoms with Gasteiger partial charge in [-0.2, -0.15) is 0 Å². The van der Waals surface area contributed by atoms with Crippen LogP contribution in [0.15, 0.2) is 17.1 Å². The fourth-order valence-corrected chi connectivity index (χ4v) is 2.41. The maximum absolute atomic E-state index is 12.2. The molecule has 1 amide bonds. The van der Waals surface area contributed by atoms with E-state index in [1.165, 1.54) is 12.3 Å². The molecular formula is C13H17ClN2O2. The number of alkyl halides is 1. The summed E-state index contributed by atoms with van der Waals surface area (Å²) in [4.78, 5) is 28.6. The smallest absolute Gasteiger partial charge is 0.259 e. The first-order chi connectivity index (χ1) is 8.49. The van der Waals surface area contributed by atoms with Gasteiger partial charge in [0.05, 0.1) is 5.38 Å². The largest absolute Gasteiger partial charge is 0.364 e. The highest BCUT2D eigenvalue weighted by Crippen LogP contribution is 2.22. The zero-order valence-corrected chi connectivity index (χ0v) is 11.3. The monoisotopic (exact) mass is 268 g/mol. The SMILES string of the molecule is Cc1cc(=O)c(C(=O)N2CCC(C)C(Cl)C2)c[nH]1. The van der Waals surface area contributed by atoms with Crippen LogP contribution >= 0.6 is 11.6 Å². The summed E-state index contributed by atoms with van der Waals surface area (Å²) in [6.07, 6.45) is 2.37. The number of rotatable bonds is 1. The molecule has 2 unspecified atom stereocenters. The van der Waals surface area contributed by atoms with Crippen molar-refractivity contribution < 1.29 is 4.79 Å². The van der Waals surface area contributed by atoms with E-state index in [0.29, 0.717) is 19.0 Å². The van der Waals surface area contributed by atoms with Crippen LogP contribution in [0.2, 0.25) is 0 Å². The Balaban J connectivity index is 2.19. The van der Waals surface area contributed by atoms with E-state index < -0.39 is 0 Å². The summed E-state index contributed by atoms with van der Waals surface area (Å²) in [6.45, 7) is 5.04. The Labute approximate surface area is 111 Å². The molecule has 1 aromatic rings. The molecular weight excluding hydrogens is 252 g/mol. The van der Waals surface area contributed by atoms with E-state index in [0.717, 1.165) is 12.1 Å². The third kappa shape index (κ3) is 2.58. The Kier molecular flexibility index (Phi) is 3.76. The van der Waals surface area contributed by atoms with Crippen LogP contribution in [0, 0.1) is 12.8 Å². The number of pyridine rings is 1. The Morgan fingerprint density at radius 3 is 2.89 bits per heavy atom. The zero-order valence-electron chi connectivity index (χ0n) is 10.6. The number of likely N-dealkylation sites (tertiary alicyclic amines) is 1. The topological polar surface area (TPSA) is 53.2 Å². The average molecular weight is 269 g/mol. The number of H-pyrrole nitrogens is 1. The molecule has 2 heterocycles. The highest BCUT2D eigenvalue weighted by atomic mass is 35.5. The highest BCUT2D eigenvalue weighted by molar-refractivity contribution is 6.21. The van der Waals surface area contributed by atoms with E-state index in [-0.39, 0.29) is 22.3 Å². The van der Waals surface area contributed by atoms with Gasteiger partial charge in [0, 0.05) is 31.0 Å². The van der Waals surface area contributed by atoms with E-state index in [1.807, 2.05) is 0 Å². The van der Waals surface area contributed by atoms with Crippen LogP contribution < -0.4 is 5.43 Å². The number of aromatic amines is 1. The quantitative estimate of drug-likeness (QED) is 0.790. The second-order valence-electron chi connectivity index (χ2n) is 4.93. The Bertz CT molecular complexity index is 512. The number of aromatic nitrogens is 1. The van der Waals surface area contributed by atoms with Gasteiger partial charge in [-0.15, -0.1) is 11.6 Å². The lowest BCUT2D eigenvalue weighted by Gasteiger charge is -2.33. The zero-order chi connectivity index (χ0) is 13.3. The third-order valence-corrected chi connectivity index (χ3v) is 4.01. The van der Waals surface area contributed by atoms with Crippen molar-refractivity contribution in [1.82, 2.24) is 9.88 Å². The molecule has 1 saturated heterocycles. The fraction of sp³-hybridized carbons (Fsp3) is 0.538. The fourth-order valence-electron chi connectivity index (χ4n) is 2.12. The summed E-state index contributed by atoms with van der Waals surface area (Å²) in [5.41, 5.74) is 0.707. The first kappa shape index (κ1) is 13.1. The molecule has 1 N–H and O–H groups in total. The predicted molar refractivity (Wildman–Crippen MR) is 71.1 cm³/mol. The Morgan fingerprint density at radius 2 is 2.28 bits per heavy atom. The number of carbonyl (C=O) groups is 1. The standard InChI is InChI=1S/C13H17ClN2O2/c1-8-3-4-16(7-11(8)14)13(18)10-6-15-9(2)5-12(10)17/h5-6,8,11H,3-4,7H2,1-2H3,(H,15,17). The van der Waals surface area contributed by atoms with Crippen molar-refractivity contribution in [2.45, 2.75) is 25.6 Å². The average Bonchev–Trinajstić information content (AvgIpc) is 2.32. The molecule has 1 aliphatic rings. The van der Waals surface area contributed by atoms with Gasteiger partial charge in [-0.3, -0.25) is 9.59 Å². The minimum atomic E-state index is -0.235. The van der Waals surface area contributed by atoms with Crippen molar-refractivity contribution in [3.05, 3.63) is 33.7 Å². The van der Waals surface area contributed by atoms with Gasteiger partial charge in [-0.1, -0.05) is 6.92 Å². The molecule has 4 nitrogen and oxygen atoms in total. The normalized spacial score (nSPS) is 24.1. The minimum absolute atomic E-state index is 0.0350. The Hall–Kier alpha value is -1.29. The molecule has 0 aliphatic carbocycles. The van der Waals surface area contributed by atoms with Crippen molar-refractivity contribution in [2.24, 2.45) is 5.92 Å². The van der Waals surface area contributed by atoms with Crippen molar-refractivity contribution >= 4 is 17.5 Å². The van der Waals surface area contributed by atoms with Crippen molar-refractivity contribution in [3.63, 3.8) is 0 Å². The third-order valence-electron chi connectivity index (χ3n) is 3.44. The number of nitrogens with zero attached hydrogens (tertiary/aromatic N) is 1. The number of nitrogens with one attached hydrogen (secondary N) is 1. The first-order valence-electron chi connectivity index (χ1n) is 6.11. The van der Waals surface area contributed by atoms with Crippen molar-refractivity contribution in [3.8, 4) is 0 Å². The van der Waals surface area contributed by atoms with E-state index >= 15 is 0 Å². The Morgan fingerprint density at radius 1 is 1.56 bits per heavy atom. The van der Waals surface area contributed by atoms with Crippen LogP contribution in [-0.4, -0.2) is 34.3 Å². The van der Waals surface area contributed by atoms with E-state index in [2.05, 4.69) is 11.9 Å². The molecule has 18 heavy (non-hydrogen) atoms. The number of hydrogen-bond acceptors (Lipinski definition) is 2. The lowest BCUT2D eigenvalue weighted by molar-refractivity contribution is 0.0699. The molecule has 1 aliphatic heterocycles. The number of piperidine rings is 1. The molecule has 0 spiro atoms. The summed E-state index contributed by atoms with van der Waals surface area (Å²) in [7, 11) is 0. The van der Waals surface area contributed by atoms with E-state index in [1.54, 1.807) is 11.8 Å². The summed E-state index contributed by atoms with van der Waals surface area (Å²) in [5.74, 6) is 0.181. The maximum Gasteiger partial charge on any atom is 0.259 e. The lowest BCUT2D eigenvalue weighted by atomic mass is 9.98. The number of hydrogen-bond donors (Lipinski definition) is 1. The van der Waals surface area contributed by atoms with Crippen LogP contribution in [0.5, 0.6) is 0 Å². The number of carbonyl (C=O) groups excluding carboxylic acids is 1. The van der Waals surface area contributed by atoms with Gasteiger partial charge in [-0.25, -0.2) is 0 Å². The van der Waals surface area contributed by atoms with Crippen LogP contribution in [0.3, 0.4) is 0 Å². The van der Waals surface area contributed by atoms with Gasteiger partial charge in [0.1, 0.15) is 5.56 Å². The van der Waals surface area contributed by atoms with Gasteiger partial charge in [-0.05, 0) is 19.3 Å². The second kappa shape index (κ2) is 5.14. The van der Waals surface area contributed by atoms with Gasteiger partial charge >= 0.3 is 0 Å². The molecule has 0 radical (unpaired) electrons. The van der Waals surface area contributed by atoms with Crippen molar-refractivity contribution in [1.29, 1.82) is 0 Å². The molecule has 2 atom stereocenters. The summed E-state index contributed by atoms with van der Waals surface area (Å²) < 4.78 is 0. The molecule has 0 saturated carbocycles. The molecule has 98 valence electrons. The molecule has 1 fully saturated rings. The maximum atomic E-state index is 12.2. The predicted octanol–water partition coefficient (Wildman–Crippen LogP) is 1.77. The van der Waals surface area contributed by atoms with Gasteiger partial charge in [0.2, 0.25) is 0 Å². The molecule has 1 aromatic heterocycles.